The molecule has 1 aromatic carbocycles. The van der Waals surface area contributed by atoms with Gasteiger partial charge in [0.2, 0.25) is 0 Å². The van der Waals surface area contributed by atoms with Gasteiger partial charge in [-0.3, -0.25) is 10.1 Å². The van der Waals surface area contributed by atoms with Gasteiger partial charge in [-0.05, 0) is 13.0 Å². The Morgan fingerprint density at radius 3 is 3.06 bits per heavy atom. The zero-order chi connectivity index (χ0) is 11.5. The first-order valence-corrected chi connectivity index (χ1v) is 5.39. The number of hydrogen-bond donors (Lipinski definition) is 1. The van der Waals surface area contributed by atoms with Crippen molar-refractivity contribution < 1.29 is 4.92 Å². The highest BCUT2D eigenvalue weighted by Gasteiger charge is 2.17. The van der Waals surface area contributed by atoms with Crippen molar-refractivity contribution in [1.82, 2.24) is 5.32 Å². The summed E-state index contributed by atoms with van der Waals surface area (Å²) >= 11 is 0. The second-order valence-electron chi connectivity index (χ2n) is 4.08. The molecule has 0 saturated carbocycles. The summed E-state index contributed by atoms with van der Waals surface area (Å²) < 4.78 is 0. The summed E-state index contributed by atoms with van der Waals surface area (Å²) in [5.74, 6) is 0. The number of anilines is 1. The van der Waals surface area contributed by atoms with Crippen LogP contribution < -0.4 is 10.2 Å². The standard InChI is InChI=1S/C11H15N3O2/c1-9-8-13(6-5-12-9)10-3-2-4-11(7-10)14(15)16/h2-4,7,9,12H,5-6,8H2,1H3/t9-/m0/s1. The molecule has 86 valence electrons. The minimum Gasteiger partial charge on any atom is -0.369 e. The largest absolute Gasteiger partial charge is 0.369 e. The predicted molar refractivity (Wildman–Crippen MR) is 62.8 cm³/mol. The average Bonchev–Trinajstić information content (AvgIpc) is 2.29. The second-order valence-corrected chi connectivity index (χ2v) is 4.08. The lowest BCUT2D eigenvalue weighted by Gasteiger charge is -2.33. The number of nitrogens with zero attached hydrogens (tertiary/aromatic N) is 2. The Hall–Kier alpha value is -1.62. The molecule has 1 N–H and O–H groups in total. The number of rotatable bonds is 2. The molecule has 2 rings (SSSR count). The van der Waals surface area contributed by atoms with Gasteiger partial charge in [-0.2, -0.15) is 0 Å². The van der Waals surface area contributed by atoms with Gasteiger partial charge in [-0.25, -0.2) is 0 Å². The Kier molecular flexibility index (Phi) is 3.05. The maximum absolute atomic E-state index is 10.7. The lowest BCUT2D eigenvalue weighted by atomic mass is 10.2. The summed E-state index contributed by atoms with van der Waals surface area (Å²) in [5.41, 5.74) is 1.09. The molecule has 0 spiro atoms. The van der Waals surface area contributed by atoms with Gasteiger partial charge in [0.1, 0.15) is 0 Å². The van der Waals surface area contributed by atoms with E-state index in [1.807, 2.05) is 6.07 Å². The van der Waals surface area contributed by atoms with Crippen molar-refractivity contribution in [3.05, 3.63) is 34.4 Å². The number of piperazine rings is 1. The van der Waals surface area contributed by atoms with Gasteiger partial charge >= 0.3 is 0 Å². The van der Waals surface area contributed by atoms with E-state index in [1.54, 1.807) is 12.1 Å². The molecule has 1 aliphatic rings. The molecule has 1 heterocycles. The van der Waals surface area contributed by atoms with E-state index in [2.05, 4.69) is 17.1 Å². The molecular weight excluding hydrogens is 206 g/mol. The number of nitro groups is 1. The second kappa shape index (κ2) is 4.49. The Labute approximate surface area is 94.2 Å². The van der Waals surface area contributed by atoms with Crippen molar-refractivity contribution in [2.75, 3.05) is 24.5 Å². The Balaban J connectivity index is 2.19. The van der Waals surface area contributed by atoms with Gasteiger partial charge < -0.3 is 10.2 Å². The number of nitrogens with one attached hydrogen (secondary N) is 1. The molecule has 5 heteroatoms. The van der Waals surface area contributed by atoms with E-state index in [0.29, 0.717) is 6.04 Å². The van der Waals surface area contributed by atoms with E-state index in [0.717, 1.165) is 25.3 Å². The average molecular weight is 221 g/mol. The van der Waals surface area contributed by atoms with Crippen LogP contribution in [0.15, 0.2) is 24.3 Å². The van der Waals surface area contributed by atoms with Crippen molar-refractivity contribution in [3.8, 4) is 0 Å². The molecule has 1 atom stereocenters. The van der Waals surface area contributed by atoms with Crippen LogP contribution in [0.2, 0.25) is 0 Å². The molecule has 16 heavy (non-hydrogen) atoms. The van der Waals surface area contributed by atoms with Gasteiger partial charge in [0.15, 0.2) is 0 Å². The first-order valence-electron chi connectivity index (χ1n) is 5.39. The highest BCUT2D eigenvalue weighted by atomic mass is 16.6. The fraction of sp³-hybridized carbons (Fsp3) is 0.455. The monoisotopic (exact) mass is 221 g/mol. The first-order chi connectivity index (χ1) is 7.66. The van der Waals surface area contributed by atoms with Crippen LogP contribution in [0, 0.1) is 10.1 Å². The lowest BCUT2D eigenvalue weighted by Crippen LogP contribution is -2.49. The summed E-state index contributed by atoms with van der Waals surface area (Å²) in [4.78, 5) is 12.5. The molecule has 1 aromatic rings. The van der Waals surface area contributed by atoms with Crippen molar-refractivity contribution in [3.63, 3.8) is 0 Å². The predicted octanol–water partition coefficient (Wildman–Crippen LogP) is 1.39. The van der Waals surface area contributed by atoms with E-state index >= 15 is 0 Å². The van der Waals surface area contributed by atoms with Gasteiger partial charge in [-0.15, -0.1) is 0 Å². The van der Waals surface area contributed by atoms with Crippen LogP contribution >= 0.6 is 0 Å². The van der Waals surface area contributed by atoms with Crippen LogP contribution in [-0.2, 0) is 0 Å². The third-order valence-corrected chi connectivity index (χ3v) is 2.77. The SMILES string of the molecule is C[C@H]1CN(c2cccc([N+](=O)[O-])c2)CCN1. The Morgan fingerprint density at radius 1 is 1.56 bits per heavy atom. The van der Waals surface area contributed by atoms with Gasteiger partial charge in [0.25, 0.3) is 5.69 Å². The molecule has 1 saturated heterocycles. The third kappa shape index (κ3) is 2.30. The molecule has 0 radical (unpaired) electrons. The molecule has 0 amide bonds. The first kappa shape index (κ1) is 10.9. The maximum Gasteiger partial charge on any atom is 0.271 e. The van der Waals surface area contributed by atoms with Gasteiger partial charge in [-0.1, -0.05) is 6.07 Å². The van der Waals surface area contributed by atoms with E-state index in [9.17, 15) is 10.1 Å². The number of nitro benzene ring substituents is 1. The normalized spacial score (nSPS) is 20.8. The van der Waals surface area contributed by atoms with Crippen LogP contribution in [0.25, 0.3) is 0 Å². The van der Waals surface area contributed by atoms with E-state index in [-0.39, 0.29) is 10.6 Å². The molecule has 0 aromatic heterocycles. The van der Waals surface area contributed by atoms with E-state index in [4.69, 9.17) is 0 Å². The maximum atomic E-state index is 10.7. The van der Waals surface area contributed by atoms with Crippen molar-refractivity contribution >= 4 is 11.4 Å². The number of hydrogen-bond acceptors (Lipinski definition) is 4. The molecule has 0 unspecified atom stereocenters. The zero-order valence-corrected chi connectivity index (χ0v) is 9.22. The molecule has 1 aliphatic heterocycles. The number of non-ortho nitro benzene ring substituents is 1. The molecule has 1 fully saturated rings. The molecule has 0 aliphatic carbocycles. The number of benzene rings is 1. The van der Waals surface area contributed by atoms with Crippen molar-refractivity contribution in [2.24, 2.45) is 0 Å². The minimum absolute atomic E-state index is 0.156. The summed E-state index contributed by atoms with van der Waals surface area (Å²) in [5, 5.41) is 14.0. The molecular formula is C11H15N3O2. The topological polar surface area (TPSA) is 58.4 Å². The quantitative estimate of drug-likeness (QED) is 0.605. The third-order valence-electron chi connectivity index (χ3n) is 2.77. The zero-order valence-electron chi connectivity index (χ0n) is 9.22. The Bertz CT molecular complexity index is 395. The smallest absolute Gasteiger partial charge is 0.271 e. The summed E-state index contributed by atoms with van der Waals surface area (Å²) in [6.45, 7) is 4.82. The van der Waals surface area contributed by atoms with Crippen LogP contribution in [0.1, 0.15) is 6.92 Å². The molecule has 5 nitrogen and oxygen atoms in total. The molecule has 0 bridgehead atoms. The summed E-state index contributed by atoms with van der Waals surface area (Å²) in [6, 6.07) is 7.24. The highest BCUT2D eigenvalue weighted by molar-refractivity contribution is 5.53. The summed E-state index contributed by atoms with van der Waals surface area (Å²) in [6.07, 6.45) is 0. The van der Waals surface area contributed by atoms with E-state index in [1.165, 1.54) is 6.07 Å². The van der Waals surface area contributed by atoms with Gasteiger partial charge in [0, 0.05) is 43.5 Å². The van der Waals surface area contributed by atoms with Crippen LogP contribution in [0.5, 0.6) is 0 Å². The fourth-order valence-electron chi connectivity index (χ4n) is 1.97. The van der Waals surface area contributed by atoms with Crippen LogP contribution in [0.4, 0.5) is 11.4 Å². The summed E-state index contributed by atoms with van der Waals surface area (Å²) in [7, 11) is 0. The van der Waals surface area contributed by atoms with Crippen molar-refractivity contribution in [2.45, 2.75) is 13.0 Å². The Morgan fingerprint density at radius 2 is 2.38 bits per heavy atom. The fourth-order valence-corrected chi connectivity index (χ4v) is 1.97. The minimum atomic E-state index is -0.352. The van der Waals surface area contributed by atoms with Crippen LogP contribution in [-0.4, -0.2) is 30.6 Å². The van der Waals surface area contributed by atoms with Crippen molar-refractivity contribution in [1.29, 1.82) is 0 Å². The van der Waals surface area contributed by atoms with E-state index < -0.39 is 0 Å². The highest BCUT2D eigenvalue weighted by Crippen LogP contribution is 2.21. The van der Waals surface area contributed by atoms with Gasteiger partial charge in [0.05, 0.1) is 4.92 Å². The lowest BCUT2D eigenvalue weighted by molar-refractivity contribution is -0.384. The van der Waals surface area contributed by atoms with Crippen LogP contribution in [0.3, 0.4) is 0 Å².